The van der Waals surface area contributed by atoms with Crippen LogP contribution in [0.15, 0.2) is 0 Å². The highest BCUT2D eigenvalue weighted by Crippen LogP contribution is 2.60. The predicted octanol–water partition coefficient (Wildman–Crippen LogP) is 1.86. The number of hydrogen-bond donors (Lipinski definition) is 1. The van der Waals surface area contributed by atoms with E-state index in [4.69, 9.17) is 9.47 Å². The third-order valence-corrected chi connectivity index (χ3v) is 6.45. The molecule has 0 aromatic carbocycles. The maximum absolute atomic E-state index is 12.7. The molecule has 0 amide bonds. The molecule has 5 rings (SSSR count). The third kappa shape index (κ3) is 3.74. The van der Waals surface area contributed by atoms with E-state index in [-0.39, 0.29) is 30.4 Å². The van der Waals surface area contributed by atoms with E-state index in [9.17, 15) is 9.90 Å². The third-order valence-electron chi connectivity index (χ3n) is 6.45. The van der Waals surface area contributed by atoms with Gasteiger partial charge in [-0.05, 0) is 56.3 Å². The molecule has 0 aromatic rings. The summed E-state index contributed by atoms with van der Waals surface area (Å²) in [7, 11) is 0. The van der Waals surface area contributed by atoms with Gasteiger partial charge in [-0.3, -0.25) is 9.69 Å². The summed E-state index contributed by atoms with van der Waals surface area (Å²) >= 11 is 0. The van der Waals surface area contributed by atoms with Crippen molar-refractivity contribution >= 4 is 18.4 Å². The Bertz CT molecular complexity index is 417. The molecule has 1 atom stereocenters. The summed E-state index contributed by atoms with van der Waals surface area (Å²) < 4.78 is 10.9. The zero-order valence-corrected chi connectivity index (χ0v) is 15.1. The number of aliphatic hydroxyl groups excluding tert-OH is 1. The second kappa shape index (κ2) is 7.48. The van der Waals surface area contributed by atoms with Gasteiger partial charge in [0.25, 0.3) is 0 Å². The molecule has 5 fully saturated rings. The van der Waals surface area contributed by atoms with E-state index in [0.29, 0.717) is 6.54 Å². The molecular weight excluding hydrogens is 330 g/mol. The van der Waals surface area contributed by atoms with Crippen LogP contribution in [0.25, 0.3) is 0 Å². The van der Waals surface area contributed by atoms with Crippen LogP contribution in [0.4, 0.5) is 0 Å². The number of ether oxygens (including phenoxy) is 2. The molecule has 6 heteroatoms. The second-order valence-electron chi connectivity index (χ2n) is 8.36. The van der Waals surface area contributed by atoms with Crippen molar-refractivity contribution < 1.29 is 19.4 Å². The molecule has 0 aromatic heterocycles. The normalized spacial score (nSPS) is 39.3. The molecule has 1 aliphatic heterocycles. The lowest BCUT2D eigenvalue weighted by molar-refractivity contribution is -0.174. The highest BCUT2D eigenvalue weighted by molar-refractivity contribution is 5.85. The summed E-state index contributed by atoms with van der Waals surface area (Å²) in [5, 5.41) is 10.2. The van der Waals surface area contributed by atoms with Crippen molar-refractivity contribution in [3.63, 3.8) is 0 Å². The van der Waals surface area contributed by atoms with Gasteiger partial charge in [-0.15, -0.1) is 12.4 Å². The quantitative estimate of drug-likeness (QED) is 0.759. The van der Waals surface area contributed by atoms with Gasteiger partial charge in [0.2, 0.25) is 0 Å². The van der Waals surface area contributed by atoms with Crippen molar-refractivity contribution in [3.05, 3.63) is 0 Å². The average Bonchev–Trinajstić information content (AvgIpc) is 2.52. The Balaban J connectivity index is 0.00000169. The number of β-amino-alcohol motifs (C(OH)–C–C–N with tert-alkyl or cyclic N) is 1. The number of rotatable bonds is 5. The maximum atomic E-state index is 12.7. The average molecular weight is 360 g/mol. The zero-order valence-electron chi connectivity index (χ0n) is 14.3. The van der Waals surface area contributed by atoms with Crippen molar-refractivity contribution in [3.8, 4) is 0 Å². The van der Waals surface area contributed by atoms with Gasteiger partial charge in [-0.25, -0.2) is 0 Å². The van der Waals surface area contributed by atoms with E-state index in [0.717, 1.165) is 63.3 Å². The first-order chi connectivity index (χ1) is 11.1. The second-order valence-corrected chi connectivity index (χ2v) is 8.36. The van der Waals surface area contributed by atoms with Crippen LogP contribution in [0, 0.1) is 23.2 Å². The molecular formula is C18H30ClNO4. The Kier molecular flexibility index (Phi) is 5.75. The summed E-state index contributed by atoms with van der Waals surface area (Å²) in [6.07, 6.45) is 6.46. The van der Waals surface area contributed by atoms with Gasteiger partial charge < -0.3 is 14.6 Å². The van der Waals surface area contributed by atoms with E-state index >= 15 is 0 Å². The van der Waals surface area contributed by atoms with Gasteiger partial charge in [0.1, 0.15) is 12.7 Å². The Morgan fingerprint density at radius 2 is 1.67 bits per heavy atom. The van der Waals surface area contributed by atoms with Gasteiger partial charge in [0, 0.05) is 19.6 Å². The molecule has 5 nitrogen and oxygen atoms in total. The van der Waals surface area contributed by atoms with Crippen LogP contribution in [0.1, 0.15) is 38.5 Å². The Hall–Kier alpha value is -0.360. The lowest BCUT2D eigenvalue weighted by Gasteiger charge is -2.55. The molecule has 0 radical (unpaired) electrons. The van der Waals surface area contributed by atoms with Gasteiger partial charge in [-0.2, -0.15) is 0 Å². The number of carbonyl (C=O) groups excluding carboxylic acids is 1. The van der Waals surface area contributed by atoms with Crippen molar-refractivity contribution in [1.29, 1.82) is 0 Å². The van der Waals surface area contributed by atoms with E-state index in [2.05, 4.69) is 4.90 Å². The minimum atomic E-state index is -0.592. The van der Waals surface area contributed by atoms with Crippen molar-refractivity contribution in [1.82, 2.24) is 4.90 Å². The molecule has 138 valence electrons. The highest BCUT2D eigenvalue weighted by atomic mass is 35.5. The van der Waals surface area contributed by atoms with Crippen LogP contribution in [0.5, 0.6) is 0 Å². The molecule has 0 spiro atoms. The van der Waals surface area contributed by atoms with E-state index in [1.807, 2.05) is 0 Å². The molecule has 4 saturated carbocycles. The Labute approximate surface area is 150 Å². The van der Waals surface area contributed by atoms with E-state index < -0.39 is 6.10 Å². The van der Waals surface area contributed by atoms with Crippen molar-refractivity contribution in [2.75, 3.05) is 39.5 Å². The largest absolute Gasteiger partial charge is 0.462 e. The molecule has 24 heavy (non-hydrogen) atoms. The van der Waals surface area contributed by atoms with Crippen LogP contribution < -0.4 is 0 Å². The summed E-state index contributed by atoms with van der Waals surface area (Å²) in [5.74, 6) is 2.20. The number of nitrogens with zero attached hydrogens (tertiary/aromatic N) is 1. The molecule has 4 bridgehead atoms. The smallest absolute Gasteiger partial charge is 0.312 e. The number of morpholine rings is 1. The maximum Gasteiger partial charge on any atom is 0.312 e. The molecule has 1 saturated heterocycles. The lowest BCUT2D eigenvalue weighted by atomic mass is 9.49. The molecule has 1 heterocycles. The van der Waals surface area contributed by atoms with Crippen LogP contribution in [0.3, 0.4) is 0 Å². The molecule has 1 unspecified atom stereocenters. The number of halogens is 1. The fourth-order valence-electron chi connectivity index (χ4n) is 5.82. The summed E-state index contributed by atoms with van der Waals surface area (Å²) in [5.41, 5.74) is -0.215. The van der Waals surface area contributed by atoms with Crippen molar-refractivity contribution in [2.45, 2.75) is 44.6 Å². The zero-order chi connectivity index (χ0) is 15.9. The highest BCUT2D eigenvalue weighted by Gasteiger charge is 2.55. The van der Waals surface area contributed by atoms with Gasteiger partial charge >= 0.3 is 5.97 Å². The first-order valence-corrected chi connectivity index (χ1v) is 9.28. The molecule has 4 aliphatic carbocycles. The Morgan fingerprint density at radius 3 is 2.21 bits per heavy atom. The van der Waals surface area contributed by atoms with Crippen LogP contribution in [-0.2, 0) is 14.3 Å². The molecule has 1 N–H and O–H groups in total. The summed E-state index contributed by atoms with van der Waals surface area (Å²) in [6.45, 7) is 3.84. The fourth-order valence-corrected chi connectivity index (χ4v) is 5.82. The number of hydrogen-bond acceptors (Lipinski definition) is 5. The lowest BCUT2D eigenvalue weighted by Crippen LogP contribution is -2.51. The number of esters is 1. The topological polar surface area (TPSA) is 59.0 Å². The van der Waals surface area contributed by atoms with E-state index in [1.165, 1.54) is 19.3 Å². The summed E-state index contributed by atoms with van der Waals surface area (Å²) in [6, 6.07) is 0. The molecule has 5 aliphatic rings. The first kappa shape index (κ1) is 18.4. The van der Waals surface area contributed by atoms with E-state index in [1.54, 1.807) is 0 Å². The summed E-state index contributed by atoms with van der Waals surface area (Å²) in [4.78, 5) is 14.9. The SMILES string of the molecule is Cl.O=C(OCC(O)CN1CCOCC1)C12CC3CC(CC(C3)C1)C2. The van der Waals surface area contributed by atoms with Crippen LogP contribution in [0.2, 0.25) is 0 Å². The monoisotopic (exact) mass is 359 g/mol. The van der Waals surface area contributed by atoms with Gasteiger partial charge in [-0.1, -0.05) is 0 Å². The minimum absolute atomic E-state index is 0. The number of aliphatic hydroxyl groups is 1. The Morgan fingerprint density at radius 1 is 1.12 bits per heavy atom. The standard InChI is InChI=1S/C18H29NO4.ClH/c20-16(11-19-1-3-22-4-2-19)12-23-17(21)18-8-13-5-14(9-18)7-15(6-13)10-18;/h13-16,20H,1-12H2;1H. The fraction of sp³-hybridized carbons (Fsp3) is 0.944. The van der Waals surface area contributed by atoms with Gasteiger partial charge in [0.05, 0.1) is 18.6 Å². The van der Waals surface area contributed by atoms with Crippen LogP contribution in [-0.4, -0.2) is 61.5 Å². The first-order valence-electron chi connectivity index (χ1n) is 9.28. The predicted molar refractivity (Wildman–Crippen MR) is 92.1 cm³/mol. The minimum Gasteiger partial charge on any atom is -0.462 e. The van der Waals surface area contributed by atoms with Gasteiger partial charge in [0.15, 0.2) is 0 Å². The number of carbonyl (C=O) groups is 1. The van der Waals surface area contributed by atoms with Crippen LogP contribution >= 0.6 is 12.4 Å². The van der Waals surface area contributed by atoms with Crippen molar-refractivity contribution in [2.24, 2.45) is 23.2 Å².